The van der Waals surface area contributed by atoms with Crippen LogP contribution in [-0.4, -0.2) is 11.9 Å². The monoisotopic (exact) mass is 357 g/mol. The number of anilines is 1. The van der Waals surface area contributed by atoms with Crippen LogP contribution in [0.2, 0.25) is 0 Å². The van der Waals surface area contributed by atoms with Gasteiger partial charge in [0.25, 0.3) is 0 Å². The zero-order valence-electron chi connectivity index (χ0n) is 14.0. The van der Waals surface area contributed by atoms with Crippen molar-refractivity contribution in [3.05, 3.63) is 52.2 Å². The van der Waals surface area contributed by atoms with Crippen molar-refractivity contribution >= 4 is 29.0 Å². The fourth-order valence-corrected chi connectivity index (χ4v) is 4.33. The lowest BCUT2D eigenvalue weighted by Gasteiger charge is -2.24. The van der Waals surface area contributed by atoms with E-state index >= 15 is 0 Å². The van der Waals surface area contributed by atoms with Crippen molar-refractivity contribution in [3.63, 3.8) is 0 Å². The van der Waals surface area contributed by atoms with Crippen molar-refractivity contribution in [2.45, 2.75) is 38.1 Å². The van der Waals surface area contributed by atoms with Crippen LogP contribution in [0.25, 0.3) is 0 Å². The van der Waals surface area contributed by atoms with E-state index in [2.05, 4.69) is 16.7 Å². The molecule has 0 bridgehead atoms. The second-order valence-electron chi connectivity index (χ2n) is 6.44. The Hall–Kier alpha value is -2.34. The Bertz CT molecular complexity index is 724. The van der Waals surface area contributed by atoms with Crippen molar-refractivity contribution in [2.75, 3.05) is 5.32 Å². The predicted molar refractivity (Wildman–Crippen MR) is 101 cm³/mol. The Kier molecular flexibility index (Phi) is 5.71. The number of carbonyl (C=O) groups excluding carboxylic acids is 2. The Morgan fingerprint density at radius 1 is 1.16 bits per heavy atom. The van der Waals surface area contributed by atoms with Gasteiger partial charge >= 0.3 is 6.03 Å². The molecule has 3 rings (SSSR count). The molecule has 0 spiro atoms. The van der Waals surface area contributed by atoms with E-state index in [1.807, 2.05) is 23.6 Å². The lowest BCUT2D eigenvalue weighted by molar-refractivity contribution is -0.117. The van der Waals surface area contributed by atoms with Crippen LogP contribution in [0.4, 0.5) is 10.5 Å². The van der Waals surface area contributed by atoms with E-state index in [0.717, 1.165) is 18.4 Å². The van der Waals surface area contributed by atoms with Gasteiger partial charge in [-0.25, -0.2) is 4.79 Å². The number of amides is 3. The van der Waals surface area contributed by atoms with Gasteiger partial charge in [0.05, 0.1) is 12.5 Å². The van der Waals surface area contributed by atoms with E-state index in [9.17, 15) is 9.59 Å². The lowest BCUT2D eigenvalue weighted by Crippen LogP contribution is -2.35. The first-order valence-electron chi connectivity index (χ1n) is 8.60. The molecule has 0 aliphatic heterocycles. The van der Waals surface area contributed by atoms with Crippen molar-refractivity contribution in [2.24, 2.45) is 11.7 Å². The molecule has 1 aromatic carbocycles. The Morgan fingerprint density at radius 3 is 2.60 bits per heavy atom. The van der Waals surface area contributed by atoms with Crippen LogP contribution in [0.1, 0.15) is 42.2 Å². The molecular formula is C19H23N3O2S. The lowest BCUT2D eigenvalue weighted by atomic mass is 9.97. The zero-order chi connectivity index (χ0) is 17.6. The van der Waals surface area contributed by atoms with Crippen LogP contribution in [0.15, 0.2) is 41.8 Å². The number of carbonyl (C=O) groups is 2. The summed E-state index contributed by atoms with van der Waals surface area (Å²) < 4.78 is 0. The van der Waals surface area contributed by atoms with Crippen molar-refractivity contribution in [1.82, 2.24) is 5.32 Å². The average Bonchev–Trinajstić information content (AvgIpc) is 3.28. The normalized spacial score (nSPS) is 15.7. The fourth-order valence-electron chi connectivity index (χ4n) is 3.46. The number of nitrogens with two attached hydrogens (primary N) is 1. The first-order chi connectivity index (χ1) is 12.1. The number of nitrogens with one attached hydrogen (secondary N) is 2. The molecule has 6 heteroatoms. The number of hydrogen-bond donors (Lipinski definition) is 3. The van der Waals surface area contributed by atoms with E-state index < -0.39 is 5.91 Å². The van der Waals surface area contributed by atoms with E-state index in [1.165, 1.54) is 17.7 Å². The number of urea groups is 1. The highest BCUT2D eigenvalue weighted by molar-refractivity contribution is 7.10. The molecule has 5 nitrogen and oxygen atoms in total. The molecule has 1 saturated carbocycles. The van der Waals surface area contributed by atoms with Gasteiger partial charge in [0.1, 0.15) is 0 Å². The summed E-state index contributed by atoms with van der Waals surface area (Å²) in [6, 6.07) is 11.1. The van der Waals surface area contributed by atoms with Crippen LogP contribution >= 0.6 is 11.3 Å². The molecule has 2 aromatic rings. The minimum Gasteiger partial charge on any atom is -0.369 e. The summed E-state index contributed by atoms with van der Waals surface area (Å²) in [6.45, 7) is 0. The Morgan fingerprint density at radius 2 is 1.92 bits per heavy atom. The van der Waals surface area contributed by atoms with Gasteiger partial charge in [-0.05, 0) is 41.8 Å². The molecule has 1 heterocycles. The molecular weight excluding hydrogens is 334 g/mol. The average molecular weight is 357 g/mol. The second kappa shape index (κ2) is 8.16. The maximum absolute atomic E-state index is 12.6. The number of hydrogen-bond acceptors (Lipinski definition) is 3. The fraction of sp³-hybridized carbons (Fsp3) is 0.368. The first kappa shape index (κ1) is 17.5. The molecule has 1 aliphatic carbocycles. The van der Waals surface area contributed by atoms with Gasteiger partial charge in [0, 0.05) is 10.6 Å². The SMILES string of the molecule is NC(=O)Cc1ccccc1NC(=O)N[C@@H](c1cccs1)C1CCCC1. The Labute approximate surface area is 151 Å². The highest BCUT2D eigenvalue weighted by atomic mass is 32.1. The van der Waals surface area contributed by atoms with Gasteiger partial charge in [0.15, 0.2) is 0 Å². The van der Waals surface area contributed by atoms with Crippen LogP contribution in [0.3, 0.4) is 0 Å². The highest BCUT2D eigenvalue weighted by Crippen LogP contribution is 2.37. The largest absolute Gasteiger partial charge is 0.369 e. The third-order valence-electron chi connectivity index (χ3n) is 4.64. The number of thiophene rings is 1. The number of rotatable bonds is 6. The van der Waals surface area contributed by atoms with Crippen molar-refractivity contribution in [3.8, 4) is 0 Å². The minimum atomic E-state index is -0.419. The van der Waals surface area contributed by atoms with E-state index in [-0.39, 0.29) is 18.5 Å². The highest BCUT2D eigenvalue weighted by Gasteiger charge is 2.28. The molecule has 0 radical (unpaired) electrons. The summed E-state index contributed by atoms with van der Waals surface area (Å²) in [5.41, 5.74) is 6.63. The summed E-state index contributed by atoms with van der Waals surface area (Å²) in [5.74, 6) is 0.0577. The molecule has 3 amide bonds. The number of primary amides is 1. The summed E-state index contributed by atoms with van der Waals surface area (Å²) in [4.78, 5) is 25.0. The van der Waals surface area contributed by atoms with Crippen LogP contribution < -0.4 is 16.4 Å². The van der Waals surface area contributed by atoms with Crippen molar-refractivity contribution in [1.29, 1.82) is 0 Å². The Balaban J connectivity index is 1.71. The summed E-state index contributed by atoms with van der Waals surface area (Å²) >= 11 is 1.67. The third-order valence-corrected chi connectivity index (χ3v) is 5.59. The maximum atomic E-state index is 12.6. The van der Waals surface area contributed by atoms with E-state index in [1.54, 1.807) is 23.5 Å². The summed E-state index contributed by atoms with van der Waals surface area (Å²) in [7, 11) is 0. The molecule has 1 aliphatic rings. The second-order valence-corrected chi connectivity index (χ2v) is 7.42. The predicted octanol–water partition coefficient (Wildman–Crippen LogP) is 3.83. The van der Waals surface area contributed by atoms with Gasteiger partial charge in [-0.1, -0.05) is 37.1 Å². The molecule has 1 aromatic heterocycles. The number of benzene rings is 1. The van der Waals surface area contributed by atoms with Gasteiger partial charge in [-0.15, -0.1) is 11.3 Å². The summed E-state index contributed by atoms with van der Waals surface area (Å²) in [6.07, 6.45) is 4.82. The van der Waals surface area contributed by atoms with Crippen LogP contribution in [0, 0.1) is 5.92 Å². The minimum absolute atomic E-state index is 0.0332. The topological polar surface area (TPSA) is 84.2 Å². The van der Waals surface area contributed by atoms with E-state index in [0.29, 0.717) is 11.6 Å². The molecule has 132 valence electrons. The van der Waals surface area contributed by atoms with Crippen LogP contribution in [0.5, 0.6) is 0 Å². The molecule has 0 saturated heterocycles. The van der Waals surface area contributed by atoms with Gasteiger partial charge in [-0.2, -0.15) is 0 Å². The smallest absolute Gasteiger partial charge is 0.319 e. The molecule has 1 fully saturated rings. The van der Waals surface area contributed by atoms with Gasteiger partial charge in [0.2, 0.25) is 5.91 Å². The first-order valence-corrected chi connectivity index (χ1v) is 9.48. The molecule has 0 unspecified atom stereocenters. The third kappa shape index (κ3) is 4.60. The summed E-state index contributed by atoms with van der Waals surface area (Å²) in [5, 5.41) is 8.05. The van der Waals surface area contributed by atoms with Crippen molar-refractivity contribution < 1.29 is 9.59 Å². The number of para-hydroxylation sites is 1. The quantitative estimate of drug-likeness (QED) is 0.734. The molecule has 1 atom stereocenters. The maximum Gasteiger partial charge on any atom is 0.319 e. The standard InChI is InChI=1S/C19H23N3O2S/c20-17(23)12-14-8-3-4-9-15(14)21-19(24)22-18(13-6-1-2-7-13)16-10-5-11-25-16/h3-5,8-11,13,18H,1-2,6-7,12H2,(H2,20,23)(H2,21,22,24)/t18-/m1/s1. The molecule has 4 N–H and O–H groups in total. The molecule has 25 heavy (non-hydrogen) atoms. The van der Waals surface area contributed by atoms with E-state index in [4.69, 9.17) is 5.73 Å². The zero-order valence-corrected chi connectivity index (χ0v) is 14.9. The van der Waals surface area contributed by atoms with Gasteiger partial charge < -0.3 is 16.4 Å². The van der Waals surface area contributed by atoms with Crippen LogP contribution in [-0.2, 0) is 11.2 Å². The van der Waals surface area contributed by atoms with Gasteiger partial charge in [-0.3, -0.25) is 4.79 Å².